The number of nitrogens with zero attached hydrogens (tertiary/aromatic N) is 3. The molecule has 0 aromatic heterocycles. The Balaban J connectivity index is 1.70. The Hall–Kier alpha value is -1.45. The van der Waals surface area contributed by atoms with Crippen LogP contribution in [0.4, 0.5) is 10.1 Å². The molecule has 6 N–H and O–H groups in total. The molecule has 3 atom stereocenters. The Labute approximate surface area is 185 Å². The number of halogens is 1. The van der Waals surface area contributed by atoms with Gasteiger partial charge in [0, 0.05) is 23.8 Å². The van der Waals surface area contributed by atoms with Crippen molar-refractivity contribution in [1.29, 1.82) is 0 Å². The van der Waals surface area contributed by atoms with E-state index in [4.69, 9.17) is 21.9 Å². The van der Waals surface area contributed by atoms with Crippen molar-refractivity contribution in [3.63, 3.8) is 0 Å². The van der Waals surface area contributed by atoms with Crippen molar-refractivity contribution >= 4 is 5.69 Å². The molecule has 3 aliphatic rings. The Morgan fingerprint density at radius 3 is 1.71 bits per heavy atom. The van der Waals surface area contributed by atoms with Crippen LogP contribution in [0, 0.1) is 5.82 Å². The minimum atomic E-state index is -0.513. The lowest BCUT2D eigenvalue weighted by molar-refractivity contribution is -0.110. The summed E-state index contributed by atoms with van der Waals surface area (Å²) in [4.78, 5) is 6.41. The summed E-state index contributed by atoms with van der Waals surface area (Å²) in [5.74, 6) is -0.205. The van der Waals surface area contributed by atoms with Crippen molar-refractivity contribution in [3.05, 3.63) is 24.0 Å². The van der Waals surface area contributed by atoms with Crippen LogP contribution in [-0.2, 0) is 0 Å². The fraction of sp³-hybridized carbons (Fsp3) is 0.739. The molecule has 2 aliphatic carbocycles. The quantitative estimate of drug-likeness (QED) is 0.627. The van der Waals surface area contributed by atoms with E-state index in [-0.39, 0.29) is 12.0 Å². The smallest absolute Gasteiger partial charge is 0.167 e. The summed E-state index contributed by atoms with van der Waals surface area (Å²) in [6.07, 6.45) is 11.5. The second-order valence-electron chi connectivity index (χ2n) is 9.30. The predicted molar refractivity (Wildman–Crippen MR) is 121 cm³/mol. The molecule has 3 fully saturated rings. The molecule has 1 aliphatic heterocycles. The molecular weight excluding hydrogens is 395 g/mol. The highest BCUT2D eigenvalue weighted by Gasteiger charge is 2.47. The van der Waals surface area contributed by atoms with Gasteiger partial charge in [-0.2, -0.15) is 0 Å². The summed E-state index contributed by atoms with van der Waals surface area (Å²) in [5.41, 5.74) is 21.2. The van der Waals surface area contributed by atoms with Crippen LogP contribution in [0.1, 0.15) is 70.6 Å². The highest BCUT2D eigenvalue weighted by atomic mass is 19.1. The molecule has 1 aromatic rings. The highest BCUT2D eigenvalue weighted by Crippen LogP contribution is 2.36. The van der Waals surface area contributed by atoms with Crippen LogP contribution < -0.4 is 26.8 Å². The van der Waals surface area contributed by atoms with Gasteiger partial charge in [0.25, 0.3) is 0 Å². The van der Waals surface area contributed by atoms with E-state index in [1.165, 1.54) is 58.1 Å². The van der Waals surface area contributed by atoms with Crippen LogP contribution in [0.3, 0.4) is 0 Å². The first-order chi connectivity index (χ1) is 15.0. The zero-order valence-electron chi connectivity index (χ0n) is 18.8. The standard InChI is InChI=1S/C23H39FN6O/c1-31-20-14-13-18(15-19(20)24)30-22(26)28(16-9-5-2-3-6-10-16)21(25)29(23(30)27)17-11-7-4-8-12-17/h13-17,21-23H,2-12,25-27H2,1H3. The minimum absolute atomic E-state index is 0.212. The lowest BCUT2D eigenvalue weighted by Gasteiger charge is -2.59. The lowest BCUT2D eigenvalue weighted by Crippen LogP contribution is -2.81. The Bertz CT molecular complexity index is 722. The molecule has 0 amide bonds. The van der Waals surface area contributed by atoms with E-state index in [0.29, 0.717) is 17.8 Å². The first-order valence-corrected chi connectivity index (χ1v) is 12.0. The summed E-state index contributed by atoms with van der Waals surface area (Å²) in [6, 6.07) is 5.56. The van der Waals surface area contributed by atoms with E-state index in [2.05, 4.69) is 9.80 Å². The summed E-state index contributed by atoms with van der Waals surface area (Å²) in [5, 5.41) is 0. The molecule has 3 unspecified atom stereocenters. The molecule has 174 valence electrons. The minimum Gasteiger partial charge on any atom is -0.494 e. The molecule has 1 saturated heterocycles. The zero-order chi connectivity index (χ0) is 22.0. The maximum atomic E-state index is 14.6. The topological polar surface area (TPSA) is 97.0 Å². The molecule has 1 heterocycles. The number of rotatable bonds is 4. The average molecular weight is 435 g/mol. The molecule has 2 saturated carbocycles. The maximum Gasteiger partial charge on any atom is 0.167 e. The van der Waals surface area contributed by atoms with Gasteiger partial charge in [0.1, 0.15) is 18.9 Å². The summed E-state index contributed by atoms with van der Waals surface area (Å²) in [7, 11) is 1.47. The first kappa shape index (κ1) is 22.7. The number of anilines is 1. The highest BCUT2D eigenvalue weighted by molar-refractivity contribution is 5.51. The van der Waals surface area contributed by atoms with Gasteiger partial charge in [-0.05, 0) is 37.8 Å². The molecule has 0 bridgehead atoms. The second-order valence-corrected chi connectivity index (χ2v) is 9.30. The van der Waals surface area contributed by atoms with Crippen molar-refractivity contribution in [1.82, 2.24) is 9.80 Å². The molecule has 4 rings (SSSR count). The normalized spacial score (nSPS) is 30.4. The van der Waals surface area contributed by atoms with Gasteiger partial charge in [0.05, 0.1) is 7.11 Å². The number of methoxy groups -OCH3 is 1. The molecule has 0 radical (unpaired) electrons. The van der Waals surface area contributed by atoms with E-state index in [0.717, 1.165) is 25.7 Å². The van der Waals surface area contributed by atoms with Gasteiger partial charge >= 0.3 is 0 Å². The third-order valence-electron chi connectivity index (χ3n) is 7.47. The Morgan fingerprint density at radius 2 is 1.26 bits per heavy atom. The van der Waals surface area contributed by atoms with E-state index < -0.39 is 18.4 Å². The first-order valence-electron chi connectivity index (χ1n) is 12.0. The SMILES string of the molecule is COc1ccc(N2C(N)N(C3CCCCCC3)C(N)N(C3CCCCC3)C2N)cc1F. The van der Waals surface area contributed by atoms with E-state index in [9.17, 15) is 4.39 Å². The van der Waals surface area contributed by atoms with E-state index >= 15 is 0 Å². The average Bonchev–Trinajstić information content (AvgIpc) is 3.04. The van der Waals surface area contributed by atoms with Gasteiger partial charge in [0.2, 0.25) is 0 Å². The zero-order valence-corrected chi connectivity index (χ0v) is 18.8. The summed E-state index contributed by atoms with van der Waals surface area (Å²) in [6.45, 7) is 0. The third kappa shape index (κ3) is 4.54. The molecule has 0 spiro atoms. The second kappa shape index (κ2) is 10.0. The van der Waals surface area contributed by atoms with Crippen molar-refractivity contribution in [2.45, 2.75) is 102 Å². The third-order valence-corrected chi connectivity index (χ3v) is 7.47. The van der Waals surface area contributed by atoms with Gasteiger partial charge in [-0.3, -0.25) is 11.5 Å². The van der Waals surface area contributed by atoms with Crippen molar-refractivity contribution in [2.24, 2.45) is 17.2 Å². The molecule has 1 aromatic carbocycles. The predicted octanol–water partition coefficient (Wildman–Crippen LogP) is 3.04. The van der Waals surface area contributed by atoms with Gasteiger partial charge in [-0.15, -0.1) is 0 Å². The van der Waals surface area contributed by atoms with Gasteiger partial charge < -0.3 is 15.4 Å². The van der Waals surface area contributed by atoms with Crippen LogP contribution in [0.5, 0.6) is 5.75 Å². The molecular formula is C23H39FN6O. The summed E-state index contributed by atoms with van der Waals surface area (Å²) < 4.78 is 19.7. The number of ether oxygens (including phenoxy) is 1. The van der Waals surface area contributed by atoms with Crippen molar-refractivity contribution < 1.29 is 9.13 Å². The maximum absolute atomic E-state index is 14.6. The fourth-order valence-electron chi connectivity index (χ4n) is 5.83. The van der Waals surface area contributed by atoms with Gasteiger partial charge in [0.15, 0.2) is 11.6 Å². The molecule has 8 heteroatoms. The van der Waals surface area contributed by atoms with Crippen LogP contribution in [0.25, 0.3) is 0 Å². The molecule has 7 nitrogen and oxygen atoms in total. The number of hydrogen-bond donors (Lipinski definition) is 3. The number of benzene rings is 1. The van der Waals surface area contributed by atoms with Crippen LogP contribution in [0.15, 0.2) is 18.2 Å². The lowest BCUT2D eigenvalue weighted by atomic mass is 9.93. The van der Waals surface area contributed by atoms with Crippen LogP contribution in [0.2, 0.25) is 0 Å². The van der Waals surface area contributed by atoms with E-state index in [1.807, 2.05) is 11.0 Å². The Morgan fingerprint density at radius 1 is 0.774 bits per heavy atom. The van der Waals surface area contributed by atoms with Gasteiger partial charge in [-0.25, -0.2) is 14.2 Å². The van der Waals surface area contributed by atoms with Crippen LogP contribution in [-0.4, -0.2) is 47.9 Å². The van der Waals surface area contributed by atoms with Crippen molar-refractivity contribution in [2.75, 3.05) is 12.0 Å². The van der Waals surface area contributed by atoms with Gasteiger partial charge in [-0.1, -0.05) is 44.9 Å². The Kier molecular flexibility index (Phi) is 7.33. The van der Waals surface area contributed by atoms with Crippen LogP contribution >= 0.6 is 0 Å². The fourth-order valence-corrected chi connectivity index (χ4v) is 5.83. The number of nitrogens with two attached hydrogens (primary N) is 3. The monoisotopic (exact) mass is 434 g/mol. The van der Waals surface area contributed by atoms with Crippen molar-refractivity contribution in [3.8, 4) is 5.75 Å². The van der Waals surface area contributed by atoms with E-state index in [1.54, 1.807) is 6.07 Å². The number of hydrogen-bond acceptors (Lipinski definition) is 7. The molecule has 31 heavy (non-hydrogen) atoms. The largest absolute Gasteiger partial charge is 0.494 e. The summed E-state index contributed by atoms with van der Waals surface area (Å²) >= 11 is 0.